The molecule has 8 heteroatoms. The van der Waals surface area contributed by atoms with Crippen molar-refractivity contribution in [2.24, 2.45) is 11.7 Å². The molecule has 1 atom stereocenters. The van der Waals surface area contributed by atoms with E-state index in [1.165, 1.54) is 5.56 Å². The second-order valence-corrected chi connectivity index (χ2v) is 8.95. The van der Waals surface area contributed by atoms with Crippen LogP contribution >= 0.6 is 0 Å². The first-order valence-electron chi connectivity index (χ1n) is 11.6. The van der Waals surface area contributed by atoms with Crippen LogP contribution in [0.2, 0.25) is 0 Å². The van der Waals surface area contributed by atoms with Crippen LogP contribution in [0.4, 0.5) is 5.69 Å². The van der Waals surface area contributed by atoms with Gasteiger partial charge in [-0.1, -0.05) is 29.8 Å². The van der Waals surface area contributed by atoms with Gasteiger partial charge in [-0.05, 0) is 52.0 Å². The van der Waals surface area contributed by atoms with Crippen molar-refractivity contribution >= 4 is 28.5 Å². The monoisotopic (exact) mass is 448 g/mol. The van der Waals surface area contributed by atoms with E-state index in [0.29, 0.717) is 12.1 Å². The Bertz CT molecular complexity index is 1150. The first-order chi connectivity index (χ1) is 15.9. The molecular weight excluding hydrogens is 416 g/mol. The number of nitrogens with zero attached hydrogens (tertiary/aromatic N) is 3. The Labute approximate surface area is 193 Å². The summed E-state index contributed by atoms with van der Waals surface area (Å²) in [7, 11) is 0. The maximum Gasteiger partial charge on any atom is 0.255 e. The van der Waals surface area contributed by atoms with Crippen LogP contribution in [0.1, 0.15) is 67.1 Å². The molecule has 2 amide bonds. The first-order valence-corrected chi connectivity index (χ1v) is 11.6. The number of anilines is 1. The van der Waals surface area contributed by atoms with Gasteiger partial charge in [-0.15, -0.1) is 0 Å². The zero-order valence-corrected chi connectivity index (χ0v) is 19.5. The molecule has 0 unspecified atom stereocenters. The summed E-state index contributed by atoms with van der Waals surface area (Å²) in [6, 6.07) is 8.15. The van der Waals surface area contributed by atoms with Gasteiger partial charge in [0.05, 0.1) is 28.9 Å². The summed E-state index contributed by atoms with van der Waals surface area (Å²) in [5.41, 5.74) is 9.70. The van der Waals surface area contributed by atoms with Crippen molar-refractivity contribution in [3.05, 3.63) is 53.3 Å². The van der Waals surface area contributed by atoms with Crippen LogP contribution in [0.15, 0.2) is 36.7 Å². The van der Waals surface area contributed by atoms with Gasteiger partial charge in [0, 0.05) is 24.7 Å². The highest BCUT2D eigenvalue weighted by molar-refractivity contribution is 6.06. The summed E-state index contributed by atoms with van der Waals surface area (Å²) >= 11 is 0. The number of amides is 2. The van der Waals surface area contributed by atoms with Gasteiger partial charge in [-0.3, -0.25) is 9.59 Å². The fraction of sp³-hybridized carbons (Fsp3) is 0.440. The molecule has 1 aliphatic carbocycles. The first kappa shape index (κ1) is 22.8. The predicted molar refractivity (Wildman–Crippen MR) is 129 cm³/mol. The second-order valence-electron chi connectivity index (χ2n) is 8.95. The fourth-order valence-electron chi connectivity index (χ4n) is 4.53. The fourth-order valence-corrected chi connectivity index (χ4v) is 4.53. The van der Waals surface area contributed by atoms with Gasteiger partial charge in [-0.25, -0.2) is 9.67 Å². The summed E-state index contributed by atoms with van der Waals surface area (Å²) in [5, 5.41) is 12.0. The molecular formula is C25H32N6O2. The lowest BCUT2D eigenvalue weighted by Crippen LogP contribution is -2.33. The number of hydrogen-bond acceptors (Lipinski definition) is 5. The predicted octanol–water partition coefficient (Wildman–Crippen LogP) is 3.71. The number of primary amides is 1. The minimum absolute atomic E-state index is 0.0681. The lowest BCUT2D eigenvalue weighted by molar-refractivity contribution is -0.122. The van der Waals surface area contributed by atoms with Gasteiger partial charge >= 0.3 is 0 Å². The molecule has 174 valence electrons. The molecule has 1 aliphatic rings. The quantitative estimate of drug-likeness (QED) is 0.510. The third-order valence-electron chi connectivity index (χ3n) is 6.61. The Morgan fingerprint density at radius 1 is 1.15 bits per heavy atom. The van der Waals surface area contributed by atoms with E-state index in [2.05, 4.69) is 20.7 Å². The number of rotatable bonds is 7. The highest BCUT2D eigenvalue weighted by atomic mass is 16.2. The number of carbonyl (C=O) groups is 2. The molecule has 0 saturated heterocycles. The second kappa shape index (κ2) is 9.60. The van der Waals surface area contributed by atoms with Crippen molar-refractivity contribution in [3.63, 3.8) is 0 Å². The molecule has 0 spiro atoms. The summed E-state index contributed by atoms with van der Waals surface area (Å²) < 4.78 is 1.82. The van der Waals surface area contributed by atoms with E-state index in [4.69, 9.17) is 5.73 Å². The van der Waals surface area contributed by atoms with Crippen molar-refractivity contribution in [3.8, 4) is 0 Å². The minimum atomic E-state index is -0.228. The normalized spacial score (nSPS) is 19.2. The van der Waals surface area contributed by atoms with Gasteiger partial charge < -0.3 is 16.4 Å². The number of fused-ring (bicyclic) bond motifs is 1. The Kier molecular flexibility index (Phi) is 6.62. The van der Waals surface area contributed by atoms with Crippen molar-refractivity contribution in [2.75, 3.05) is 5.32 Å². The van der Waals surface area contributed by atoms with Gasteiger partial charge in [0.2, 0.25) is 5.91 Å². The van der Waals surface area contributed by atoms with Crippen molar-refractivity contribution in [1.82, 2.24) is 20.1 Å². The number of pyridine rings is 1. The number of carbonyl (C=O) groups excluding carboxylic acids is 2. The molecule has 0 aliphatic heterocycles. The smallest absolute Gasteiger partial charge is 0.255 e. The third-order valence-corrected chi connectivity index (χ3v) is 6.61. The number of aryl methyl sites for hydroxylation is 2. The Morgan fingerprint density at radius 3 is 2.48 bits per heavy atom. The van der Waals surface area contributed by atoms with E-state index in [1.54, 1.807) is 12.4 Å². The van der Waals surface area contributed by atoms with Crippen LogP contribution in [0, 0.1) is 12.8 Å². The molecule has 8 nitrogen and oxygen atoms in total. The molecule has 3 aromatic rings. The molecule has 2 aromatic heterocycles. The average Bonchev–Trinajstić information content (AvgIpc) is 3.23. The van der Waals surface area contributed by atoms with Crippen molar-refractivity contribution in [1.29, 1.82) is 0 Å². The number of nitrogens with two attached hydrogens (primary N) is 1. The van der Waals surface area contributed by atoms with Crippen LogP contribution in [-0.2, 0) is 11.3 Å². The molecule has 33 heavy (non-hydrogen) atoms. The number of nitrogens with one attached hydrogen (secondary N) is 2. The number of hydrogen-bond donors (Lipinski definition) is 3. The SMILES string of the molecule is CCn1ncc2c(N[C@H]3CC[C@H](C(N)=O)CC3)c(C(=O)N[C@H](C)c3ccc(C)cc3)cnc21. The van der Waals surface area contributed by atoms with Crippen LogP contribution in [0.3, 0.4) is 0 Å². The molecule has 1 saturated carbocycles. The van der Waals surface area contributed by atoms with E-state index in [1.807, 2.05) is 49.7 Å². The number of aromatic nitrogens is 3. The van der Waals surface area contributed by atoms with Crippen LogP contribution in [0.5, 0.6) is 0 Å². The highest BCUT2D eigenvalue weighted by Crippen LogP contribution is 2.32. The standard InChI is InChI=1S/C25H32N6O2/c1-4-31-24-20(14-28-31)22(30-19-11-9-18(10-12-19)23(26)32)21(13-27-24)25(33)29-16(3)17-7-5-15(2)6-8-17/h5-8,13-14,16,18-19H,4,9-12H2,1-3H3,(H2,26,32)(H,27,30)(H,29,33)/t16-,18-,19-/m1/s1. The molecule has 0 radical (unpaired) electrons. The molecule has 1 fully saturated rings. The lowest BCUT2D eigenvalue weighted by Gasteiger charge is -2.29. The zero-order valence-electron chi connectivity index (χ0n) is 19.5. The zero-order chi connectivity index (χ0) is 23.5. The molecule has 0 bridgehead atoms. The highest BCUT2D eigenvalue weighted by Gasteiger charge is 2.27. The summed E-state index contributed by atoms with van der Waals surface area (Å²) in [5.74, 6) is -0.481. The number of benzene rings is 1. The Hall–Kier alpha value is -3.42. The maximum absolute atomic E-state index is 13.3. The van der Waals surface area contributed by atoms with E-state index in [9.17, 15) is 9.59 Å². The Morgan fingerprint density at radius 2 is 1.85 bits per heavy atom. The average molecular weight is 449 g/mol. The van der Waals surface area contributed by atoms with Gasteiger partial charge in [-0.2, -0.15) is 5.10 Å². The van der Waals surface area contributed by atoms with Crippen molar-refractivity contribution < 1.29 is 9.59 Å². The minimum Gasteiger partial charge on any atom is -0.381 e. The Balaban J connectivity index is 1.61. The largest absolute Gasteiger partial charge is 0.381 e. The van der Waals surface area contributed by atoms with Crippen molar-refractivity contribution in [2.45, 2.75) is 65.1 Å². The lowest BCUT2D eigenvalue weighted by atomic mass is 9.85. The van der Waals surface area contributed by atoms with E-state index < -0.39 is 0 Å². The third kappa shape index (κ3) is 4.84. The topological polar surface area (TPSA) is 115 Å². The van der Waals surface area contributed by atoms with E-state index in [-0.39, 0.29) is 29.8 Å². The summed E-state index contributed by atoms with van der Waals surface area (Å²) in [4.78, 5) is 29.4. The van der Waals surface area contributed by atoms with E-state index in [0.717, 1.165) is 48.0 Å². The van der Waals surface area contributed by atoms with Crippen LogP contribution < -0.4 is 16.4 Å². The molecule has 2 heterocycles. The van der Waals surface area contributed by atoms with Gasteiger partial charge in [0.15, 0.2) is 5.65 Å². The van der Waals surface area contributed by atoms with E-state index >= 15 is 0 Å². The van der Waals surface area contributed by atoms with Crippen LogP contribution in [0.25, 0.3) is 11.0 Å². The summed E-state index contributed by atoms with van der Waals surface area (Å²) in [6.45, 7) is 6.72. The molecule has 4 N–H and O–H groups in total. The maximum atomic E-state index is 13.3. The van der Waals surface area contributed by atoms with Crippen LogP contribution in [-0.4, -0.2) is 32.6 Å². The summed E-state index contributed by atoms with van der Waals surface area (Å²) in [6.07, 6.45) is 6.54. The van der Waals surface area contributed by atoms with Gasteiger partial charge in [0.25, 0.3) is 5.91 Å². The molecule has 1 aromatic carbocycles. The molecule has 4 rings (SSSR count). The van der Waals surface area contributed by atoms with Gasteiger partial charge in [0.1, 0.15) is 0 Å².